The van der Waals surface area contributed by atoms with Crippen LogP contribution in [0.25, 0.3) is 0 Å². The summed E-state index contributed by atoms with van der Waals surface area (Å²) in [7, 11) is -3.39. The predicted octanol–water partition coefficient (Wildman–Crippen LogP) is 4.05. The molecule has 1 atom stereocenters. The van der Waals surface area contributed by atoms with Crippen LogP contribution in [0.2, 0.25) is 0 Å². The first kappa shape index (κ1) is 24.4. The number of amides is 1. The fourth-order valence-electron chi connectivity index (χ4n) is 4.69. The Kier molecular flexibility index (Phi) is 8.22. The Bertz CT molecular complexity index is 992. The van der Waals surface area contributed by atoms with Gasteiger partial charge in [0.1, 0.15) is 0 Å². The van der Waals surface area contributed by atoms with Crippen molar-refractivity contribution in [1.29, 1.82) is 0 Å². The fourth-order valence-corrected chi connectivity index (χ4v) is 7.07. The van der Waals surface area contributed by atoms with Crippen molar-refractivity contribution < 1.29 is 13.2 Å². The zero-order chi connectivity index (χ0) is 23.3. The van der Waals surface area contributed by atoms with Crippen LogP contribution in [0.1, 0.15) is 55.5 Å². The minimum absolute atomic E-state index is 0.0377. The second-order valence-electron chi connectivity index (χ2n) is 9.31. The van der Waals surface area contributed by atoms with Crippen LogP contribution in [-0.4, -0.2) is 56.3 Å². The average Bonchev–Trinajstić information content (AvgIpc) is 3.54. The van der Waals surface area contributed by atoms with Crippen molar-refractivity contribution in [3.63, 3.8) is 0 Å². The molecule has 2 aliphatic heterocycles. The second-order valence-corrected chi connectivity index (χ2v) is 12.2. The van der Waals surface area contributed by atoms with Gasteiger partial charge in [0.25, 0.3) is 0 Å². The topological polar surface area (TPSA) is 69.7 Å². The van der Waals surface area contributed by atoms with Gasteiger partial charge in [-0.3, -0.25) is 9.69 Å². The highest BCUT2D eigenvalue weighted by atomic mass is 32.2. The van der Waals surface area contributed by atoms with Gasteiger partial charge in [-0.15, -0.1) is 11.3 Å². The largest absolute Gasteiger partial charge is 0.354 e. The SMILES string of the molecule is CC1CCN([C@H](CNC(=O)CCc2ccc(S(=O)(=O)N3CCCC3)cc2)c2cccs2)CC1. The number of benzene rings is 1. The molecule has 0 bridgehead atoms. The molecule has 0 aliphatic carbocycles. The van der Waals surface area contributed by atoms with Gasteiger partial charge >= 0.3 is 0 Å². The third kappa shape index (κ3) is 6.23. The molecule has 2 saturated heterocycles. The van der Waals surface area contributed by atoms with Gasteiger partial charge in [-0.1, -0.05) is 25.1 Å². The third-order valence-electron chi connectivity index (χ3n) is 6.89. The van der Waals surface area contributed by atoms with Gasteiger partial charge < -0.3 is 5.32 Å². The molecule has 180 valence electrons. The summed E-state index contributed by atoms with van der Waals surface area (Å²) in [4.78, 5) is 16.7. The van der Waals surface area contributed by atoms with Crippen LogP contribution in [0.5, 0.6) is 0 Å². The highest BCUT2D eigenvalue weighted by Gasteiger charge is 2.27. The van der Waals surface area contributed by atoms with Crippen molar-refractivity contribution in [2.75, 3.05) is 32.7 Å². The molecule has 1 amide bonds. The molecule has 2 aliphatic rings. The molecule has 0 radical (unpaired) electrons. The lowest BCUT2D eigenvalue weighted by Gasteiger charge is -2.36. The van der Waals surface area contributed by atoms with Crippen LogP contribution in [0, 0.1) is 5.92 Å². The van der Waals surface area contributed by atoms with Crippen LogP contribution in [-0.2, 0) is 21.2 Å². The molecule has 8 heteroatoms. The summed E-state index contributed by atoms with van der Waals surface area (Å²) in [5.41, 5.74) is 0.977. The molecule has 2 aromatic rings. The molecule has 1 N–H and O–H groups in total. The highest BCUT2D eigenvalue weighted by Crippen LogP contribution is 2.29. The molecule has 3 heterocycles. The van der Waals surface area contributed by atoms with Crippen LogP contribution in [0.4, 0.5) is 0 Å². The van der Waals surface area contributed by atoms with Crippen LogP contribution >= 0.6 is 11.3 Å². The number of likely N-dealkylation sites (tertiary alicyclic amines) is 1. The molecule has 0 saturated carbocycles. The number of nitrogens with one attached hydrogen (secondary N) is 1. The van der Waals surface area contributed by atoms with Gasteiger partial charge in [0.05, 0.1) is 10.9 Å². The Morgan fingerprint density at radius 2 is 1.79 bits per heavy atom. The van der Waals surface area contributed by atoms with E-state index in [-0.39, 0.29) is 11.9 Å². The van der Waals surface area contributed by atoms with Gasteiger partial charge in [-0.2, -0.15) is 4.31 Å². The Morgan fingerprint density at radius 1 is 1.09 bits per heavy atom. The first-order valence-corrected chi connectivity index (χ1v) is 14.4. The molecule has 0 unspecified atom stereocenters. The van der Waals surface area contributed by atoms with Crippen molar-refractivity contribution in [2.24, 2.45) is 5.92 Å². The molecular formula is C25H35N3O3S2. The quantitative estimate of drug-likeness (QED) is 0.577. The fraction of sp³-hybridized carbons (Fsp3) is 0.560. The summed E-state index contributed by atoms with van der Waals surface area (Å²) < 4.78 is 26.9. The minimum Gasteiger partial charge on any atom is -0.354 e. The third-order valence-corrected chi connectivity index (χ3v) is 9.78. The molecular weight excluding hydrogens is 454 g/mol. The number of sulfonamides is 1. The molecule has 2 fully saturated rings. The van der Waals surface area contributed by atoms with E-state index >= 15 is 0 Å². The predicted molar refractivity (Wildman–Crippen MR) is 133 cm³/mol. The van der Waals surface area contributed by atoms with Crippen LogP contribution in [0.3, 0.4) is 0 Å². The first-order valence-electron chi connectivity index (χ1n) is 12.1. The maximum absolute atomic E-state index is 12.7. The van der Waals surface area contributed by atoms with Gasteiger partial charge in [0.2, 0.25) is 15.9 Å². The first-order chi connectivity index (χ1) is 15.9. The summed E-state index contributed by atoms with van der Waals surface area (Å²) in [5.74, 6) is 0.812. The normalized spacial score (nSPS) is 19.5. The number of hydrogen-bond donors (Lipinski definition) is 1. The molecule has 1 aromatic heterocycles. The number of piperidine rings is 1. The van der Waals surface area contributed by atoms with Crippen LogP contribution in [0.15, 0.2) is 46.7 Å². The van der Waals surface area contributed by atoms with Crippen LogP contribution < -0.4 is 5.32 Å². The molecule has 4 rings (SSSR count). The number of rotatable bonds is 9. The van der Waals surface area contributed by atoms with E-state index in [9.17, 15) is 13.2 Å². The van der Waals surface area contributed by atoms with Crippen molar-refractivity contribution in [1.82, 2.24) is 14.5 Å². The van der Waals surface area contributed by atoms with Gasteiger partial charge in [-0.05, 0) is 80.3 Å². The number of hydrogen-bond acceptors (Lipinski definition) is 5. The van der Waals surface area contributed by atoms with E-state index in [1.807, 2.05) is 12.1 Å². The Morgan fingerprint density at radius 3 is 2.42 bits per heavy atom. The summed E-state index contributed by atoms with van der Waals surface area (Å²) in [5, 5.41) is 5.25. The number of carbonyl (C=O) groups excluding carboxylic acids is 1. The number of carbonyl (C=O) groups is 1. The van der Waals surface area contributed by atoms with E-state index in [1.54, 1.807) is 27.8 Å². The summed E-state index contributed by atoms with van der Waals surface area (Å²) in [6.07, 6.45) is 5.26. The number of nitrogens with zero attached hydrogens (tertiary/aromatic N) is 2. The van der Waals surface area contributed by atoms with Crippen molar-refractivity contribution in [2.45, 2.75) is 56.4 Å². The Hall–Kier alpha value is -1.74. The van der Waals surface area contributed by atoms with E-state index in [0.29, 0.717) is 37.4 Å². The van der Waals surface area contributed by atoms with E-state index in [1.165, 1.54) is 17.7 Å². The number of thiophene rings is 1. The summed E-state index contributed by atoms with van der Waals surface area (Å²) in [6.45, 7) is 6.30. The lowest BCUT2D eigenvalue weighted by molar-refractivity contribution is -0.121. The highest BCUT2D eigenvalue weighted by molar-refractivity contribution is 7.89. The monoisotopic (exact) mass is 489 g/mol. The standard InChI is InChI=1S/C25H35N3O3S2/c1-20-12-16-27(17-13-20)23(24-5-4-18-32-24)19-26-25(29)11-8-21-6-9-22(10-7-21)33(30,31)28-14-2-3-15-28/h4-7,9-10,18,20,23H,2-3,8,11-17,19H2,1H3,(H,26,29)/t23-/m1/s1. The van der Waals surface area contributed by atoms with E-state index < -0.39 is 10.0 Å². The second kappa shape index (κ2) is 11.1. The van der Waals surface area contributed by atoms with E-state index in [4.69, 9.17) is 0 Å². The lowest BCUT2D eigenvalue weighted by atomic mass is 9.97. The molecule has 33 heavy (non-hydrogen) atoms. The maximum atomic E-state index is 12.7. The molecule has 6 nitrogen and oxygen atoms in total. The van der Waals surface area contributed by atoms with E-state index in [0.717, 1.165) is 37.4 Å². The van der Waals surface area contributed by atoms with Gasteiger partial charge in [0, 0.05) is 30.9 Å². The van der Waals surface area contributed by atoms with Crippen molar-refractivity contribution in [3.05, 3.63) is 52.2 Å². The number of aryl methyl sites for hydroxylation is 1. The summed E-state index contributed by atoms with van der Waals surface area (Å²) in [6, 6.07) is 11.5. The van der Waals surface area contributed by atoms with Crippen molar-refractivity contribution >= 4 is 27.3 Å². The summed E-state index contributed by atoms with van der Waals surface area (Å²) >= 11 is 1.75. The van der Waals surface area contributed by atoms with Gasteiger partial charge in [0.15, 0.2) is 0 Å². The smallest absolute Gasteiger partial charge is 0.243 e. The molecule has 1 aromatic carbocycles. The zero-order valence-electron chi connectivity index (χ0n) is 19.4. The Balaban J connectivity index is 1.28. The maximum Gasteiger partial charge on any atom is 0.243 e. The minimum atomic E-state index is -3.39. The average molecular weight is 490 g/mol. The Labute approximate surface area is 202 Å². The van der Waals surface area contributed by atoms with Gasteiger partial charge in [-0.25, -0.2) is 8.42 Å². The lowest BCUT2D eigenvalue weighted by Crippen LogP contribution is -2.41. The van der Waals surface area contributed by atoms with E-state index in [2.05, 4.69) is 34.7 Å². The molecule has 0 spiro atoms. The van der Waals surface area contributed by atoms with Crippen molar-refractivity contribution in [3.8, 4) is 0 Å². The zero-order valence-corrected chi connectivity index (χ0v) is 21.0.